The lowest BCUT2D eigenvalue weighted by Gasteiger charge is -2.09. The van der Waals surface area contributed by atoms with Gasteiger partial charge in [0.25, 0.3) is 0 Å². The standard InChI is InChI=1S/C13H19N3S2/c1-8(2)12-11(5-14-9(3)4)18-13(16-12)10-6-17-7-15-10/h6-9,14H,5H2,1-4H3. The molecule has 0 amide bonds. The number of thiazole rings is 2. The third-order valence-electron chi connectivity index (χ3n) is 2.60. The fraction of sp³-hybridized carbons (Fsp3) is 0.538. The van der Waals surface area contributed by atoms with Crippen LogP contribution in [-0.4, -0.2) is 16.0 Å². The van der Waals surface area contributed by atoms with Gasteiger partial charge in [0.05, 0.1) is 11.2 Å². The molecule has 18 heavy (non-hydrogen) atoms. The highest BCUT2D eigenvalue weighted by atomic mass is 32.1. The van der Waals surface area contributed by atoms with Crippen LogP contribution in [-0.2, 0) is 6.54 Å². The fourth-order valence-electron chi connectivity index (χ4n) is 1.67. The average Bonchev–Trinajstić information content (AvgIpc) is 2.94. The summed E-state index contributed by atoms with van der Waals surface area (Å²) in [6, 6.07) is 0.495. The van der Waals surface area contributed by atoms with Gasteiger partial charge < -0.3 is 5.32 Å². The SMILES string of the molecule is CC(C)NCc1sc(-c2cscn2)nc1C(C)C. The van der Waals surface area contributed by atoms with E-state index in [-0.39, 0.29) is 0 Å². The van der Waals surface area contributed by atoms with E-state index in [1.807, 2.05) is 5.51 Å². The van der Waals surface area contributed by atoms with Crippen molar-refractivity contribution in [2.75, 3.05) is 0 Å². The Balaban J connectivity index is 2.27. The van der Waals surface area contributed by atoms with E-state index in [2.05, 4.69) is 43.4 Å². The second-order valence-corrected chi connectivity index (χ2v) is 6.69. The van der Waals surface area contributed by atoms with Gasteiger partial charge in [-0.1, -0.05) is 27.7 Å². The highest BCUT2D eigenvalue weighted by molar-refractivity contribution is 7.15. The molecular formula is C13H19N3S2. The zero-order valence-electron chi connectivity index (χ0n) is 11.2. The van der Waals surface area contributed by atoms with Crippen LogP contribution in [0.4, 0.5) is 0 Å². The van der Waals surface area contributed by atoms with Crippen LogP contribution in [0.25, 0.3) is 10.7 Å². The third kappa shape index (κ3) is 3.16. The summed E-state index contributed by atoms with van der Waals surface area (Å²) >= 11 is 3.37. The Morgan fingerprint density at radius 3 is 2.61 bits per heavy atom. The van der Waals surface area contributed by atoms with E-state index >= 15 is 0 Å². The molecule has 0 saturated heterocycles. The molecule has 0 aliphatic rings. The van der Waals surface area contributed by atoms with Crippen LogP contribution in [0, 0.1) is 0 Å². The Morgan fingerprint density at radius 1 is 1.28 bits per heavy atom. The van der Waals surface area contributed by atoms with E-state index in [0.29, 0.717) is 12.0 Å². The molecular weight excluding hydrogens is 262 g/mol. The quantitative estimate of drug-likeness (QED) is 0.903. The maximum absolute atomic E-state index is 4.75. The Labute approximate surface area is 116 Å². The van der Waals surface area contributed by atoms with Gasteiger partial charge in [-0.2, -0.15) is 0 Å². The van der Waals surface area contributed by atoms with Crippen molar-refractivity contribution in [3.05, 3.63) is 21.5 Å². The van der Waals surface area contributed by atoms with Crippen molar-refractivity contribution in [2.45, 2.75) is 46.2 Å². The predicted molar refractivity (Wildman–Crippen MR) is 79.3 cm³/mol. The van der Waals surface area contributed by atoms with Gasteiger partial charge >= 0.3 is 0 Å². The molecule has 2 aromatic heterocycles. The maximum atomic E-state index is 4.75. The van der Waals surface area contributed by atoms with Crippen LogP contribution < -0.4 is 5.32 Å². The first-order chi connectivity index (χ1) is 8.58. The van der Waals surface area contributed by atoms with Crippen LogP contribution in [0.3, 0.4) is 0 Å². The van der Waals surface area contributed by atoms with E-state index in [0.717, 1.165) is 17.2 Å². The molecule has 98 valence electrons. The highest BCUT2D eigenvalue weighted by Gasteiger charge is 2.16. The number of rotatable bonds is 5. The van der Waals surface area contributed by atoms with Crippen molar-refractivity contribution in [1.29, 1.82) is 0 Å². The third-order valence-corrected chi connectivity index (χ3v) is 4.28. The minimum Gasteiger partial charge on any atom is -0.310 e. The normalized spacial score (nSPS) is 11.7. The molecule has 0 spiro atoms. The zero-order chi connectivity index (χ0) is 13.1. The van der Waals surface area contributed by atoms with E-state index in [1.54, 1.807) is 22.7 Å². The molecule has 3 nitrogen and oxygen atoms in total. The molecule has 0 aromatic carbocycles. The van der Waals surface area contributed by atoms with Gasteiger partial charge in [0.15, 0.2) is 0 Å². The van der Waals surface area contributed by atoms with Crippen molar-refractivity contribution in [3.63, 3.8) is 0 Å². The summed E-state index contributed by atoms with van der Waals surface area (Å²) in [7, 11) is 0. The number of aromatic nitrogens is 2. The van der Waals surface area contributed by atoms with Crippen molar-refractivity contribution < 1.29 is 0 Å². The van der Waals surface area contributed by atoms with Crippen LogP contribution in [0.5, 0.6) is 0 Å². The van der Waals surface area contributed by atoms with Gasteiger partial charge in [-0.3, -0.25) is 0 Å². The van der Waals surface area contributed by atoms with Crippen LogP contribution in [0.2, 0.25) is 0 Å². The van der Waals surface area contributed by atoms with Crippen molar-refractivity contribution >= 4 is 22.7 Å². The lowest BCUT2D eigenvalue weighted by Crippen LogP contribution is -2.22. The first kappa shape index (κ1) is 13.6. The maximum Gasteiger partial charge on any atom is 0.143 e. The molecule has 0 atom stereocenters. The highest BCUT2D eigenvalue weighted by Crippen LogP contribution is 2.31. The number of nitrogens with zero attached hydrogens (tertiary/aromatic N) is 2. The Bertz CT molecular complexity index is 486. The Hall–Kier alpha value is -0.780. The van der Waals surface area contributed by atoms with Gasteiger partial charge in [0.1, 0.15) is 10.7 Å². The lowest BCUT2D eigenvalue weighted by molar-refractivity contribution is 0.588. The fourth-order valence-corrected chi connectivity index (χ4v) is 3.41. The van der Waals surface area contributed by atoms with Crippen LogP contribution >= 0.6 is 22.7 Å². The van der Waals surface area contributed by atoms with Gasteiger partial charge in [-0.25, -0.2) is 9.97 Å². The van der Waals surface area contributed by atoms with Gasteiger partial charge in [0.2, 0.25) is 0 Å². The Kier molecular flexibility index (Phi) is 4.48. The van der Waals surface area contributed by atoms with Crippen LogP contribution in [0.1, 0.15) is 44.2 Å². The summed E-state index contributed by atoms with van der Waals surface area (Å²) in [5.74, 6) is 0.456. The summed E-state index contributed by atoms with van der Waals surface area (Å²) < 4.78 is 0. The largest absolute Gasteiger partial charge is 0.310 e. The Morgan fingerprint density at radius 2 is 2.06 bits per heavy atom. The summed E-state index contributed by atoms with van der Waals surface area (Å²) in [5.41, 5.74) is 4.07. The minimum absolute atomic E-state index is 0.456. The molecule has 0 bridgehead atoms. The molecule has 2 rings (SSSR count). The lowest BCUT2D eigenvalue weighted by atomic mass is 10.1. The number of nitrogens with one attached hydrogen (secondary N) is 1. The van der Waals surface area contributed by atoms with E-state index in [4.69, 9.17) is 4.98 Å². The molecule has 0 fully saturated rings. The zero-order valence-corrected chi connectivity index (χ0v) is 12.9. The molecule has 2 heterocycles. The monoisotopic (exact) mass is 281 g/mol. The summed E-state index contributed by atoms with van der Waals surface area (Å²) in [5, 5.41) is 6.57. The smallest absolute Gasteiger partial charge is 0.143 e. The molecule has 1 N–H and O–H groups in total. The first-order valence-corrected chi connectivity index (χ1v) is 7.95. The van der Waals surface area contributed by atoms with Crippen molar-refractivity contribution in [2.24, 2.45) is 0 Å². The van der Waals surface area contributed by atoms with Crippen molar-refractivity contribution in [3.8, 4) is 10.7 Å². The molecule has 0 aliphatic heterocycles. The molecule has 0 unspecified atom stereocenters. The van der Waals surface area contributed by atoms with Crippen LogP contribution in [0.15, 0.2) is 10.9 Å². The van der Waals surface area contributed by atoms with E-state index in [9.17, 15) is 0 Å². The predicted octanol–water partition coefficient (Wildman–Crippen LogP) is 3.89. The van der Waals surface area contributed by atoms with Gasteiger partial charge in [-0.15, -0.1) is 22.7 Å². The minimum atomic E-state index is 0.456. The van der Waals surface area contributed by atoms with E-state index in [1.165, 1.54) is 10.6 Å². The topological polar surface area (TPSA) is 37.8 Å². The van der Waals surface area contributed by atoms with Gasteiger partial charge in [0, 0.05) is 22.8 Å². The molecule has 5 heteroatoms. The average molecular weight is 281 g/mol. The first-order valence-electron chi connectivity index (χ1n) is 6.19. The van der Waals surface area contributed by atoms with E-state index < -0.39 is 0 Å². The molecule has 0 radical (unpaired) electrons. The summed E-state index contributed by atoms with van der Waals surface area (Å²) in [4.78, 5) is 10.4. The second-order valence-electron chi connectivity index (χ2n) is 4.89. The number of hydrogen-bond donors (Lipinski definition) is 1. The number of hydrogen-bond acceptors (Lipinski definition) is 5. The van der Waals surface area contributed by atoms with Crippen molar-refractivity contribution in [1.82, 2.24) is 15.3 Å². The van der Waals surface area contributed by atoms with Gasteiger partial charge in [-0.05, 0) is 5.92 Å². The molecule has 0 saturated carbocycles. The molecule has 2 aromatic rings. The molecule has 0 aliphatic carbocycles. The summed E-state index contributed by atoms with van der Waals surface area (Å²) in [6.45, 7) is 9.61. The second kappa shape index (κ2) is 5.91. The summed E-state index contributed by atoms with van der Waals surface area (Å²) in [6.07, 6.45) is 0.